The standard InChI is InChI=1S/C22H28N4O3S2.ClH/c1-16-7-12-19-20(15-16)30-22(23-19)26(14-6-13-24(2)3)21(27)17-8-10-18(11-9-17)31(28,29)25(4)5;/h7-12,15H,6,13-14H2,1-5H3;1H. The molecule has 0 atom stereocenters. The zero-order chi connectivity index (χ0) is 22.8. The van der Waals surface area contributed by atoms with Gasteiger partial charge in [0.1, 0.15) is 0 Å². The van der Waals surface area contributed by atoms with Gasteiger partial charge in [0.05, 0.1) is 15.1 Å². The minimum absolute atomic E-state index is 0. The normalized spacial score (nSPS) is 11.7. The summed E-state index contributed by atoms with van der Waals surface area (Å²) in [5, 5.41) is 0.648. The van der Waals surface area contributed by atoms with E-state index in [1.807, 2.05) is 33.2 Å². The van der Waals surface area contributed by atoms with E-state index in [1.54, 1.807) is 17.0 Å². The number of hydrogen-bond donors (Lipinski definition) is 0. The number of aryl methyl sites for hydroxylation is 1. The number of carbonyl (C=O) groups is 1. The van der Waals surface area contributed by atoms with Gasteiger partial charge in [-0.3, -0.25) is 9.69 Å². The van der Waals surface area contributed by atoms with Crippen molar-refractivity contribution >= 4 is 55.0 Å². The molecule has 0 unspecified atom stereocenters. The number of benzene rings is 2. The average Bonchev–Trinajstić information content (AvgIpc) is 3.13. The number of nitrogens with zero attached hydrogens (tertiary/aromatic N) is 4. The lowest BCUT2D eigenvalue weighted by molar-refractivity contribution is 0.0986. The lowest BCUT2D eigenvalue weighted by Gasteiger charge is -2.21. The van der Waals surface area contributed by atoms with Crippen LogP contribution in [0.2, 0.25) is 0 Å². The maximum Gasteiger partial charge on any atom is 0.260 e. The Morgan fingerprint density at radius 1 is 1.00 bits per heavy atom. The van der Waals surface area contributed by atoms with Gasteiger partial charge >= 0.3 is 0 Å². The van der Waals surface area contributed by atoms with E-state index in [0.29, 0.717) is 17.2 Å². The molecule has 2 aromatic carbocycles. The second-order valence-electron chi connectivity index (χ2n) is 7.89. The zero-order valence-electron chi connectivity index (χ0n) is 18.9. The van der Waals surface area contributed by atoms with Crippen LogP contribution in [0.1, 0.15) is 22.3 Å². The zero-order valence-corrected chi connectivity index (χ0v) is 21.4. The fourth-order valence-corrected chi connectivity index (χ4v) is 5.09. The van der Waals surface area contributed by atoms with E-state index in [2.05, 4.69) is 16.0 Å². The molecule has 0 fully saturated rings. The highest BCUT2D eigenvalue weighted by molar-refractivity contribution is 7.89. The largest absolute Gasteiger partial charge is 0.309 e. The Hall–Kier alpha value is -2.04. The highest BCUT2D eigenvalue weighted by Crippen LogP contribution is 2.30. The minimum atomic E-state index is -3.54. The molecule has 7 nitrogen and oxygen atoms in total. The summed E-state index contributed by atoms with van der Waals surface area (Å²) in [6.45, 7) is 3.39. The first-order valence-electron chi connectivity index (χ1n) is 9.96. The highest BCUT2D eigenvalue weighted by atomic mass is 35.5. The van der Waals surface area contributed by atoms with Gasteiger partial charge in [-0.05, 0) is 75.9 Å². The van der Waals surface area contributed by atoms with Crippen molar-refractivity contribution in [2.24, 2.45) is 0 Å². The Labute approximate surface area is 200 Å². The van der Waals surface area contributed by atoms with Crippen LogP contribution in [-0.2, 0) is 10.0 Å². The van der Waals surface area contributed by atoms with Crippen molar-refractivity contribution in [1.29, 1.82) is 0 Å². The Bertz CT molecular complexity index is 1180. The molecule has 1 amide bonds. The van der Waals surface area contributed by atoms with Crippen molar-refractivity contribution in [2.45, 2.75) is 18.2 Å². The van der Waals surface area contributed by atoms with Gasteiger partial charge in [0, 0.05) is 26.2 Å². The van der Waals surface area contributed by atoms with Crippen molar-refractivity contribution < 1.29 is 13.2 Å². The van der Waals surface area contributed by atoms with Gasteiger partial charge in [0.2, 0.25) is 10.0 Å². The summed E-state index contributed by atoms with van der Waals surface area (Å²) < 4.78 is 26.8. The third-order valence-corrected chi connectivity index (χ3v) is 7.75. The van der Waals surface area contributed by atoms with Crippen LogP contribution in [0.15, 0.2) is 47.4 Å². The Morgan fingerprint density at radius 2 is 1.66 bits per heavy atom. The first-order chi connectivity index (χ1) is 14.6. The van der Waals surface area contributed by atoms with Crippen LogP contribution in [0.3, 0.4) is 0 Å². The molecule has 0 N–H and O–H groups in total. The molecule has 0 saturated carbocycles. The molecule has 0 spiro atoms. The van der Waals surface area contributed by atoms with Crippen LogP contribution in [0.4, 0.5) is 5.13 Å². The van der Waals surface area contributed by atoms with E-state index in [0.717, 1.165) is 33.1 Å². The summed E-state index contributed by atoms with van der Waals surface area (Å²) in [5.74, 6) is -0.191. The van der Waals surface area contributed by atoms with Crippen molar-refractivity contribution in [1.82, 2.24) is 14.2 Å². The molecule has 1 heterocycles. The number of rotatable bonds is 8. The topological polar surface area (TPSA) is 73.8 Å². The maximum absolute atomic E-state index is 13.4. The van der Waals surface area contributed by atoms with Gasteiger partial charge in [-0.15, -0.1) is 12.4 Å². The minimum Gasteiger partial charge on any atom is -0.309 e. The number of amides is 1. The van der Waals surface area contributed by atoms with Crippen LogP contribution in [0.5, 0.6) is 0 Å². The molecule has 0 aliphatic carbocycles. The van der Waals surface area contributed by atoms with E-state index in [-0.39, 0.29) is 23.2 Å². The van der Waals surface area contributed by atoms with Gasteiger partial charge in [-0.2, -0.15) is 0 Å². The fourth-order valence-electron chi connectivity index (χ4n) is 3.10. The number of hydrogen-bond acceptors (Lipinski definition) is 6. The lowest BCUT2D eigenvalue weighted by Crippen LogP contribution is -2.33. The van der Waals surface area contributed by atoms with Gasteiger partial charge in [0.25, 0.3) is 5.91 Å². The smallest absolute Gasteiger partial charge is 0.260 e. The SMILES string of the molecule is Cc1ccc2nc(N(CCCN(C)C)C(=O)c3ccc(S(=O)(=O)N(C)C)cc3)sc2c1.Cl. The average molecular weight is 497 g/mol. The van der Waals surface area contributed by atoms with E-state index >= 15 is 0 Å². The molecule has 0 radical (unpaired) electrons. The molecule has 0 saturated heterocycles. The second-order valence-corrected chi connectivity index (χ2v) is 11.1. The molecule has 174 valence electrons. The van der Waals surface area contributed by atoms with E-state index in [9.17, 15) is 13.2 Å². The molecule has 10 heteroatoms. The van der Waals surface area contributed by atoms with Crippen LogP contribution >= 0.6 is 23.7 Å². The van der Waals surface area contributed by atoms with Crippen LogP contribution < -0.4 is 4.90 Å². The van der Waals surface area contributed by atoms with Crippen molar-refractivity contribution in [3.05, 3.63) is 53.6 Å². The summed E-state index contributed by atoms with van der Waals surface area (Å²) in [4.78, 5) is 22.0. The van der Waals surface area contributed by atoms with E-state index in [1.165, 1.54) is 37.6 Å². The molecule has 0 aliphatic heterocycles. The summed E-state index contributed by atoms with van der Waals surface area (Å²) in [5.41, 5.74) is 2.44. The van der Waals surface area contributed by atoms with Crippen molar-refractivity contribution in [2.75, 3.05) is 46.2 Å². The number of anilines is 1. The molecule has 0 bridgehead atoms. The van der Waals surface area contributed by atoms with Gasteiger partial charge in [-0.25, -0.2) is 17.7 Å². The van der Waals surface area contributed by atoms with Gasteiger partial charge < -0.3 is 4.90 Å². The van der Waals surface area contributed by atoms with Crippen LogP contribution in [-0.4, -0.2) is 69.8 Å². The molecule has 3 aromatic rings. The number of fused-ring (bicyclic) bond motifs is 1. The van der Waals surface area contributed by atoms with Crippen LogP contribution in [0.25, 0.3) is 10.2 Å². The predicted molar refractivity (Wildman–Crippen MR) is 134 cm³/mol. The van der Waals surface area contributed by atoms with Crippen molar-refractivity contribution in [3.63, 3.8) is 0 Å². The summed E-state index contributed by atoms with van der Waals surface area (Å²) >= 11 is 1.49. The number of halogens is 1. The van der Waals surface area contributed by atoms with Gasteiger partial charge in [-0.1, -0.05) is 17.4 Å². The molecular formula is C22H29ClN4O3S2. The fraction of sp³-hybridized carbons (Fsp3) is 0.364. The summed E-state index contributed by atoms with van der Waals surface area (Å²) in [6, 6.07) is 12.1. The number of carbonyl (C=O) groups excluding carboxylic acids is 1. The Morgan fingerprint density at radius 3 is 2.25 bits per heavy atom. The summed E-state index contributed by atoms with van der Waals surface area (Å²) in [7, 11) is 3.41. The Balaban J connectivity index is 0.00000363. The second kappa shape index (κ2) is 10.7. The number of aromatic nitrogens is 1. The number of sulfonamides is 1. The third kappa shape index (κ3) is 5.85. The van der Waals surface area contributed by atoms with E-state index in [4.69, 9.17) is 0 Å². The summed E-state index contributed by atoms with van der Waals surface area (Å²) in [6.07, 6.45) is 0.792. The van der Waals surface area contributed by atoms with Gasteiger partial charge in [0.15, 0.2) is 5.13 Å². The Kier molecular flexibility index (Phi) is 8.78. The third-order valence-electron chi connectivity index (χ3n) is 4.88. The molecule has 3 rings (SSSR count). The lowest BCUT2D eigenvalue weighted by atomic mass is 10.2. The van der Waals surface area contributed by atoms with E-state index < -0.39 is 10.0 Å². The first kappa shape index (κ1) is 26.2. The molecular weight excluding hydrogens is 468 g/mol. The number of thiazole rings is 1. The monoisotopic (exact) mass is 496 g/mol. The van der Waals surface area contributed by atoms with Crippen LogP contribution in [0, 0.1) is 6.92 Å². The molecule has 1 aromatic heterocycles. The highest BCUT2D eigenvalue weighted by Gasteiger charge is 2.23. The predicted octanol–water partition coefficient (Wildman–Crippen LogP) is 3.88. The maximum atomic E-state index is 13.4. The molecule has 32 heavy (non-hydrogen) atoms. The molecule has 0 aliphatic rings. The quantitative estimate of drug-likeness (QED) is 0.473. The van der Waals surface area contributed by atoms with Crippen molar-refractivity contribution in [3.8, 4) is 0 Å². The first-order valence-corrected chi connectivity index (χ1v) is 12.2.